The Morgan fingerprint density at radius 3 is 2.08 bits per heavy atom. The van der Waals surface area contributed by atoms with Crippen LogP contribution >= 0.6 is 11.6 Å². The average molecular weight is 372 g/mol. The zero-order valence-corrected chi connectivity index (χ0v) is 14.5. The van der Waals surface area contributed by atoms with E-state index in [1.54, 1.807) is 24.3 Å². The Balaban J connectivity index is 1.64. The number of ether oxygens (including phenoxy) is 1. The molecule has 26 heavy (non-hydrogen) atoms. The van der Waals surface area contributed by atoms with Crippen molar-refractivity contribution in [3.8, 4) is 0 Å². The van der Waals surface area contributed by atoms with Crippen molar-refractivity contribution < 1.29 is 23.9 Å². The molecule has 0 N–H and O–H groups in total. The molecular weight excluding hydrogens is 358 g/mol. The lowest BCUT2D eigenvalue weighted by Crippen LogP contribution is -2.37. The molecule has 3 rings (SSSR count). The summed E-state index contributed by atoms with van der Waals surface area (Å²) in [4.78, 5) is 49.6. The summed E-state index contributed by atoms with van der Waals surface area (Å²) in [6.07, 6.45) is -1.06. The van der Waals surface area contributed by atoms with E-state index in [1.807, 2.05) is 0 Å². The van der Waals surface area contributed by atoms with E-state index in [0.29, 0.717) is 10.6 Å². The van der Waals surface area contributed by atoms with E-state index in [4.69, 9.17) is 16.3 Å². The van der Waals surface area contributed by atoms with Crippen LogP contribution in [0.1, 0.15) is 38.0 Å². The molecule has 1 heterocycles. The van der Waals surface area contributed by atoms with E-state index in [9.17, 15) is 19.2 Å². The fourth-order valence-electron chi connectivity index (χ4n) is 2.65. The highest BCUT2D eigenvalue weighted by atomic mass is 35.5. The zero-order valence-electron chi connectivity index (χ0n) is 13.8. The Bertz CT molecular complexity index is 871. The highest BCUT2D eigenvalue weighted by molar-refractivity contribution is 6.30. The zero-order chi connectivity index (χ0) is 18.8. The first-order valence-electron chi connectivity index (χ1n) is 7.83. The molecule has 6 nitrogen and oxygen atoms in total. The molecule has 0 aliphatic carbocycles. The highest BCUT2D eigenvalue weighted by Crippen LogP contribution is 2.22. The van der Waals surface area contributed by atoms with Crippen molar-refractivity contribution in [3.05, 3.63) is 70.2 Å². The minimum atomic E-state index is -1.06. The van der Waals surface area contributed by atoms with Crippen LogP contribution in [0.5, 0.6) is 0 Å². The van der Waals surface area contributed by atoms with Gasteiger partial charge in [0.1, 0.15) is 6.54 Å². The van der Waals surface area contributed by atoms with Crippen molar-refractivity contribution in [2.24, 2.45) is 0 Å². The van der Waals surface area contributed by atoms with Gasteiger partial charge in [0.2, 0.25) is 5.78 Å². The molecule has 0 radical (unpaired) electrons. The number of rotatable bonds is 5. The number of halogens is 1. The van der Waals surface area contributed by atoms with Gasteiger partial charge in [-0.25, -0.2) is 0 Å². The second-order valence-electron chi connectivity index (χ2n) is 5.75. The van der Waals surface area contributed by atoms with Crippen molar-refractivity contribution in [1.29, 1.82) is 0 Å². The molecule has 7 heteroatoms. The summed E-state index contributed by atoms with van der Waals surface area (Å²) in [7, 11) is 0. The molecule has 0 bridgehead atoms. The molecule has 1 atom stereocenters. The van der Waals surface area contributed by atoms with Crippen LogP contribution in [0.2, 0.25) is 5.02 Å². The fourth-order valence-corrected chi connectivity index (χ4v) is 2.77. The van der Waals surface area contributed by atoms with Gasteiger partial charge in [-0.15, -0.1) is 0 Å². The quantitative estimate of drug-likeness (QED) is 0.458. The summed E-state index contributed by atoms with van der Waals surface area (Å²) < 4.78 is 5.09. The molecule has 0 saturated heterocycles. The van der Waals surface area contributed by atoms with E-state index in [1.165, 1.54) is 31.2 Å². The number of carbonyl (C=O) groups excluding carboxylic acids is 4. The molecule has 0 aromatic heterocycles. The molecule has 0 saturated carbocycles. The number of nitrogens with zero attached hydrogens (tertiary/aromatic N) is 1. The molecular formula is C19H14ClNO5. The minimum absolute atomic E-state index is 0.246. The molecule has 0 unspecified atom stereocenters. The Morgan fingerprint density at radius 1 is 1.00 bits per heavy atom. The topological polar surface area (TPSA) is 80.8 Å². The Kier molecular flexibility index (Phi) is 4.86. The molecule has 2 aromatic rings. The summed E-state index contributed by atoms with van der Waals surface area (Å²) in [5.74, 6) is -2.36. The normalized spacial score (nSPS) is 14.2. The van der Waals surface area contributed by atoms with Gasteiger partial charge >= 0.3 is 5.97 Å². The van der Waals surface area contributed by atoms with Crippen LogP contribution < -0.4 is 0 Å². The predicted octanol–water partition coefficient (Wildman–Crippen LogP) is 2.75. The average Bonchev–Trinajstić information content (AvgIpc) is 2.87. The van der Waals surface area contributed by atoms with Gasteiger partial charge in [0.15, 0.2) is 6.10 Å². The minimum Gasteiger partial charge on any atom is -0.453 e. The van der Waals surface area contributed by atoms with E-state index < -0.39 is 36.2 Å². The SMILES string of the molecule is C[C@@H](OC(=O)CN1C(=O)c2ccccc2C1=O)C(=O)c1ccc(Cl)cc1. The van der Waals surface area contributed by atoms with Gasteiger partial charge in [0.25, 0.3) is 11.8 Å². The lowest BCUT2D eigenvalue weighted by molar-refractivity contribution is -0.146. The van der Waals surface area contributed by atoms with Crippen LogP contribution in [-0.4, -0.2) is 41.1 Å². The summed E-state index contributed by atoms with van der Waals surface area (Å²) in [6, 6.07) is 12.5. The van der Waals surface area contributed by atoms with Crippen molar-refractivity contribution in [2.75, 3.05) is 6.54 Å². The highest BCUT2D eigenvalue weighted by Gasteiger charge is 2.37. The second kappa shape index (κ2) is 7.09. The monoisotopic (exact) mass is 371 g/mol. The number of carbonyl (C=O) groups is 4. The van der Waals surface area contributed by atoms with Crippen LogP contribution in [0.4, 0.5) is 0 Å². The number of imide groups is 1. The van der Waals surface area contributed by atoms with Gasteiger partial charge < -0.3 is 4.74 Å². The number of Topliss-reactive ketones (excluding diaryl/α,β-unsaturated/α-hetero) is 1. The Morgan fingerprint density at radius 2 is 1.54 bits per heavy atom. The summed E-state index contributed by atoms with van der Waals surface area (Å²) in [5, 5.41) is 0.483. The van der Waals surface area contributed by atoms with Gasteiger partial charge in [-0.3, -0.25) is 24.1 Å². The number of fused-ring (bicyclic) bond motifs is 1. The van der Waals surface area contributed by atoms with Gasteiger partial charge in [-0.05, 0) is 43.3 Å². The first kappa shape index (κ1) is 17.8. The van der Waals surface area contributed by atoms with Crippen LogP contribution in [0.25, 0.3) is 0 Å². The van der Waals surface area contributed by atoms with Crippen LogP contribution in [0.15, 0.2) is 48.5 Å². The van der Waals surface area contributed by atoms with E-state index in [2.05, 4.69) is 0 Å². The number of amides is 2. The summed E-state index contributed by atoms with van der Waals surface area (Å²) >= 11 is 5.78. The first-order valence-corrected chi connectivity index (χ1v) is 8.21. The number of hydrogen-bond donors (Lipinski definition) is 0. The number of benzene rings is 2. The third-order valence-corrected chi connectivity index (χ3v) is 4.22. The summed E-state index contributed by atoms with van der Waals surface area (Å²) in [5.41, 5.74) is 0.835. The van der Waals surface area contributed by atoms with Gasteiger partial charge in [0, 0.05) is 10.6 Å². The van der Waals surface area contributed by atoms with Gasteiger partial charge in [0.05, 0.1) is 11.1 Å². The number of esters is 1. The molecule has 132 valence electrons. The lowest BCUT2D eigenvalue weighted by Gasteiger charge is -2.16. The van der Waals surface area contributed by atoms with Crippen molar-refractivity contribution in [3.63, 3.8) is 0 Å². The molecule has 2 amide bonds. The van der Waals surface area contributed by atoms with Gasteiger partial charge in [-0.1, -0.05) is 23.7 Å². The van der Waals surface area contributed by atoms with Gasteiger partial charge in [-0.2, -0.15) is 0 Å². The predicted molar refractivity (Wildman–Crippen MR) is 93.1 cm³/mol. The van der Waals surface area contributed by atoms with E-state index >= 15 is 0 Å². The molecule has 1 aliphatic heterocycles. The third kappa shape index (κ3) is 3.36. The largest absolute Gasteiger partial charge is 0.453 e. The smallest absolute Gasteiger partial charge is 0.326 e. The van der Waals surface area contributed by atoms with Crippen molar-refractivity contribution in [2.45, 2.75) is 13.0 Å². The molecule has 0 spiro atoms. The fraction of sp³-hybridized carbons (Fsp3) is 0.158. The van der Waals surface area contributed by atoms with E-state index in [-0.39, 0.29) is 11.1 Å². The maximum atomic E-state index is 12.3. The van der Waals surface area contributed by atoms with Crippen LogP contribution in [0, 0.1) is 0 Å². The van der Waals surface area contributed by atoms with E-state index in [0.717, 1.165) is 4.90 Å². The second-order valence-corrected chi connectivity index (χ2v) is 6.18. The third-order valence-electron chi connectivity index (χ3n) is 3.97. The number of ketones is 1. The summed E-state index contributed by atoms with van der Waals surface area (Å²) in [6.45, 7) is 0.877. The maximum Gasteiger partial charge on any atom is 0.326 e. The molecule has 2 aromatic carbocycles. The lowest BCUT2D eigenvalue weighted by atomic mass is 10.1. The molecule has 1 aliphatic rings. The maximum absolute atomic E-state index is 12.3. The van der Waals surface area contributed by atoms with Crippen LogP contribution in [0.3, 0.4) is 0 Å². The first-order chi connectivity index (χ1) is 12.4. The molecule has 0 fully saturated rings. The van der Waals surface area contributed by atoms with Crippen LogP contribution in [-0.2, 0) is 9.53 Å². The van der Waals surface area contributed by atoms with Crippen molar-refractivity contribution >= 4 is 35.2 Å². The van der Waals surface area contributed by atoms with Crippen molar-refractivity contribution in [1.82, 2.24) is 4.90 Å². The standard InChI is InChI=1S/C19H14ClNO5/c1-11(17(23)12-6-8-13(20)9-7-12)26-16(22)10-21-18(24)14-4-2-3-5-15(14)19(21)25/h2-9,11H,10H2,1H3/t11-/m1/s1. The number of hydrogen-bond acceptors (Lipinski definition) is 5. The Hall–Kier alpha value is -2.99. The Labute approximate surface area is 154 Å².